The molecule has 0 rings (SSSR count). The number of aliphatic carboxylic acids is 1. The molecule has 3 atom stereocenters. The number of rotatable bonds is 13. The molecule has 0 spiro atoms. The number of hydrogen-bond donors (Lipinski definition) is 5. The second-order valence-corrected chi connectivity index (χ2v) is 6.43. The first-order chi connectivity index (χ1) is 11.7. The topological polar surface area (TPSA) is 165 Å². The minimum Gasteiger partial charge on any atom is -0.481 e. The highest BCUT2D eigenvalue weighted by Gasteiger charge is 2.26. The molecule has 0 aromatic rings. The monoisotopic (exact) mass is 358 g/mol. The third-order valence-corrected chi connectivity index (χ3v) is 3.53. The van der Waals surface area contributed by atoms with Gasteiger partial charge in [0.1, 0.15) is 12.3 Å². The highest BCUT2D eigenvalue weighted by Crippen LogP contribution is 2.07. The van der Waals surface area contributed by atoms with Crippen LogP contribution >= 0.6 is 0 Å². The van der Waals surface area contributed by atoms with Crippen molar-refractivity contribution in [2.75, 3.05) is 6.54 Å². The van der Waals surface area contributed by atoms with Gasteiger partial charge in [-0.25, -0.2) is 0 Å². The Hall–Kier alpha value is -2.00. The number of carbonyl (C=O) groups excluding carboxylic acids is 3. The van der Waals surface area contributed by atoms with Gasteiger partial charge >= 0.3 is 5.97 Å². The molecule has 0 saturated carbocycles. The lowest BCUT2D eigenvalue weighted by Gasteiger charge is -2.23. The van der Waals surface area contributed by atoms with E-state index in [1.807, 2.05) is 13.8 Å². The van der Waals surface area contributed by atoms with Crippen LogP contribution in [0.25, 0.3) is 0 Å². The van der Waals surface area contributed by atoms with Gasteiger partial charge in [0, 0.05) is 0 Å². The van der Waals surface area contributed by atoms with E-state index in [0.717, 1.165) is 6.42 Å². The Kier molecular flexibility index (Phi) is 11.4. The van der Waals surface area contributed by atoms with E-state index in [9.17, 15) is 19.2 Å². The van der Waals surface area contributed by atoms with E-state index in [2.05, 4.69) is 10.6 Å². The van der Waals surface area contributed by atoms with Crippen molar-refractivity contribution < 1.29 is 24.3 Å². The molecular formula is C16H30N4O5. The van der Waals surface area contributed by atoms with E-state index in [-0.39, 0.29) is 5.92 Å². The quantitative estimate of drug-likeness (QED) is 0.211. The highest BCUT2D eigenvalue weighted by molar-refractivity contribution is 5.92. The van der Waals surface area contributed by atoms with Crippen LogP contribution in [-0.4, -0.2) is 53.8 Å². The lowest BCUT2D eigenvalue weighted by Crippen LogP contribution is -2.54. The summed E-state index contributed by atoms with van der Waals surface area (Å²) < 4.78 is 0. The fourth-order valence-electron chi connectivity index (χ4n) is 2.23. The zero-order valence-corrected chi connectivity index (χ0v) is 14.9. The molecule has 25 heavy (non-hydrogen) atoms. The molecule has 0 unspecified atom stereocenters. The standard InChI is InChI=1S/C16H30N4O5/c1-10(2)7-13(20-15(24)12(18)8-14(22)23)16(25)19-11(9-21)5-3-4-6-17/h9-13H,3-8,17-18H2,1-2H3,(H,19,25)(H,20,24)(H,22,23)/t11-,12-,13-/m0/s1. The van der Waals surface area contributed by atoms with E-state index in [4.69, 9.17) is 16.6 Å². The van der Waals surface area contributed by atoms with Crippen LogP contribution in [0.15, 0.2) is 0 Å². The summed E-state index contributed by atoms with van der Waals surface area (Å²) >= 11 is 0. The van der Waals surface area contributed by atoms with Gasteiger partial charge in [0.25, 0.3) is 0 Å². The molecule has 0 bridgehead atoms. The molecule has 144 valence electrons. The summed E-state index contributed by atoms with van der Waals surface area (Å²) in [6.45, 7) is 4.26. The summed E-state index contributed by atoms with van der Waals surface area (Å²) in [5.41, 5.74) is 10.9. The molecule has 0 aliphatic carbocycles. The van der Waals surface area contributed by atoms with Crippen LogP contribution in [0.2, 0.25) is 0 Å². The SMILES string of the molecule is CC(C)C[C@H](NC(=O)[C@@H](N)CC(=O)O)C(=O)N[C@H](C=O)CCCCN. The zero-order chi connectivity index (χ0) is 19.4. The minimum atomic E-state index is -1.24. The van der Waals surface area contributed by atoms with Gasteiger partial charge in [-0.2, -0.15) is 0 Å². The lowest BCUT2D eigenvalue weighted by atomic mass is 10.0. The molecule has 0 aromatic carbocycles. The van der Waals surface area contributed by atoms with E-state index >= 15 is 0 Å². The minimum absolute atomic E-state index is 0.0960. The van der Waals surface area contributed by atoms with Crippen LogP contribution in [0, 0.1) is 5.92 Å². The van der Waals surface area contributed by atoms with Crippen LogP contribution in [0.5, 0.6) is 0 Å². The van der Waals surface area contributed by atoms with Crippen LogP contribution in [0.1, 0.15) is 46.0 Å². The first kappa shape index (κ1) is 23.0. The molecular weight excluding hydrogens is 328 g/mol. The Bertz CT molecular complexity index is 456. The number of carbonyl (C=O) groups is 4. The predicted octanol–water partition coefficient (Wildman–Crippen LogP) is -0.868. The molecule has 9 heteroatoms. The Morgan fingerprint density at radius 1 is 1.12 bits per heavy atom. The van der Waals surface area contributed by atoms with Gasteiger partial charge in [0.2, 0.25) is 11.8 Å². The van der Waals surface area contributed by atoms with Crippen molar-refractivity contribution in [3.8, 4) is 0 Å². The molecule has 0 aliphatic heterocycles. The van der Waals surface area contributed by atoms with Crippen LogP contribution in [0.4, 0.5) is 0 Å². The van der Waals surface area contributed by atoms with E-state index in [1.54, 1.807) is 0 Å². The van der Waals surface area contributed by atoms with E-state index < -0.39 is 42.3 Å². The van der Waals surface area contributed by atoms with Crippen molar-refractivity contribution >= 4 is 24.1 Å². The first-order valence-corrected chi connectivity index (χ1v) is 8.44. The van der Waals surface area contributed by atoms with E-state index in [1.165, 1.54) is 0 Å². The summed E-state index contributed by atoms with van der Waals surface area (Å²) in [4.78, 5) is 46.1. The maximum atomic E-state index is 12.4. The van der Waals surface area contributed by atoms with Crippen molar-refractivity contribution in [1.82, 2.24) is 10.6 Å². The third-order valence-electron chi connectivity index (χ3n) is 3.53. The normalized spacial score (nSPS) is 14.4. The molecule has 0 fully saturated rings. The fraction of sp³-hybridized carbons (Fsp3) is 0.750. The summed E-state index contributed by atoms with van der Waals surface area (Å²) in [5.74, 6) is -2.31. The van der Waals surface area contributed by atoms with Gasteiger partial charge in [0.15, 0.2) is 0 Å². The van der Waals surface area contributed by atoms with E-state index in [0.29, 0.717) is 32.1 Å². The molecule has 7 N–H and O–H groups in total. The number of hydrogen-bond acceptors (Lipinski definition) is 6. The maximum Gasteiger partial charge on any atom is 0.305 e. The van der Waals surface area contributed by atoms with Gasteiger partial charge < -0.3 is 32.0 Å². The first-order valence-electron chi connectivity index (χ1n) is 8.44. The van der Waals surface area contributed by atoms with Crippen molar-refractivity contribution in [1.29, 1.82) is 0 Å². The number of unbranched alkanes of at least 4 members (excludes halogenated alkanes) is 1. The molecule has 0 saturated heterocycles. The average molecular weight is 358 g/mol. The summed E-state index contributed by atoms with van der Waals surface area (Å²) in [6.07, 6.45) is 2.37. The number of nitrogens with two attached hydrogens (primary N) is 2. The fourth-order valence-corrected chi connectivity index (χ4v) is 2.23. The van der Waals surface area contributed by atoms with Gasteiger partial charge in [-0.3, -0.25) is 14.4 Å². The molecule has 0 aromatic heterocycles. The van der Waals surface area contributed by atoms with Gasteiger partial charge in [-0.15, -0.1) is 0 Å². The molecule has 0 heterocycles. The average Bonchev–Trinajstić information content (AvgIpc) is 2.52. The molecule has 2 amide bonds. The summed E-state index contributed by atoms with van der Waals surface area (Å²) in [6, 6.07) is -2.78. The second kappa shape index (κ2) is 12.4. The summed E-state index contributed by atoms with van der Waals surface area (Å²) in [5, 5.41) is 13.8. The second-order valence-electron chi connectivity index (χ2n) is 6.43. The number of carboxylic acid groups (broad SMARTS) is 1. The smallest absolute Gasteiger partial charge is 0.305 e. The molecule has 0 aliphatic rings. The summed E-state index contributed by atoms with van der Waals surface area (Å²) in [7, 11) is 0. The van der Waals surface area contributed by atoms with Gasteiger partial charge in [0.05, 0.1) is 18.5 Å². The zero-order valence-electron chi connectivity index (χ0n) is 14.9. The number of amides is 2. The van der Waals surface area contributed by atoms with Crippen molar-refractivity contribution in [3.63, 3.8) is 0 Å². The molecule has 0 radical (unpaired) electrons. The predicted molar refractivity (Wildman–Crippen MR) is 92.5 cm³/mol. The Labute approximate surface area is 147 Å². The number of nitrogens with one attached hydrogen (secondary N) is 2. The highest BCUT2D eigenvalue weighted by atomic mass is 16.4. The van der Waals surface area contributed by atoms with Crippen LogP contribution in [-0.2, 0) is 19.2 Å². The number of aldehydes is 1. The number of carboxylic acids is 1. The van der Waals surface area contributed by atoms with Crippen LogP contribution in [0.3, 0.4) is 0 Å². The van der Waals surface area contributed by atoms with Crippen molar-refractivity contribution in [2.45, 2.75) is 64.1 Å². The largest absolute Gasteiger partial charge is 0.481 e. The Balaban J connectivity index is 4.82. The van der Waals surface area contributed by atoms with Crippen molar-refractivity contribution in [3.05, 3.63) is 0 Å². The van der Waals surface area contributed by atoms with Gasteiger partial charge in [-0.1, -0.05) is 13.8 Å². The lowest BCUT2D eigenvalue weighted by molar-refractivity contribution is -0.139. The van der Waals surface area contributed by atoms with Gasteiger partial charge in [-0.05, 0) is 38.1 Å². The molecule has 9 nitrogen and oxygen atoms in total. The Morgan fingerprint density at radius 3 is 2.24 bits per heavy atom. The Morgan fingerprint density at radius 2 is 1.76 bits per heavy atom. The third kappa shape index (κ3) is 10.5. The maximum absolute atomic E-state index is 12.4. The van der Waals surface area contributed by atoms with Crippen LogP contribution < -0.4 is 22.1 Å². The van der Waals surface area contributed by atoms with Crippen molar-refractivity contribution in [2.24, 2.45) is 17.4 Å².